The Hall–Kier alpha value is -4.01. The van der Waals surface area contributed by atoms with Gasteiger partial charge in [-0.25, -0.2) is 4.79 Å². The normalized spacial score (nSPS) is 16.7. The lowest BCUT2D eigenvalue weighted by atomic mass is 10.0. The van der Waals surface area contributed by atoms with E-state index >= 15 is 0 Å². The van der Waals surface area contributed by atoms with Crippen molar-refractivity contribution in [3.63, 3.8) is 0 Å². The third-order valence-corrected chi connectivity index (χ3v) is 3.93. The Labute approximate surface area is 153 Å². The van der Waals surface area contributed by atoms with E-state index in [2.05, 4.69) is 10.6 Å². The van der Waals surface area contributed by atoms with Crippen LogP contribution in [0.15, 0.2) is 72.1 Å². The quantitative estimate of drug-likeness (QED) is 0.620. The molecule has 1 aliphatic heterocycles. The Morgan fingerprint density at radius 2 is 1.67 bits per heavy atom. The molecule has 2 amide bonds. The van der Waals surface area contributed by atoms with Crippen LogP contribution in [0.3, 0.4) is 0 Å². The number of hydrogen-bond acceptors (Lipinski definition) is 5. The summed E-state index contributed by atoms with van der Waals surface area (Å²) in [5.74, 6) is 0. The molecule has 0 saturated heterocycles. The molecule has 0 bridgehead atoms. The Kier molecular flexibility index (Phi) is 4.93. The molecule has 9 heteroatoms. The summed E-state index contributed by atoms with van der Waals surface area (Å²) in [5.41, 5.74) is 0.743. The topological polar surface area (TPSA) is 127 Å². The smallest absolute Gasteiger partial charge is 0.320 e. The molecule has 9 nitrogen and oxygen atoms in total. The van der Waals surface area contributed by atoms with Gasteiger partial charge in [-0.3, -0.25) is 20.2 Å². The molecule has 1 atom stereocenters. The fourth-order valence-corrected chi connectivity index (χ4v) is 2.72. The summed E-state index contributed by atoms with van der Waals surface area (Å²) in [4.78, 5) is 33.4. The SMILES string of the molecule is O=C1NC(/C=C\c2cccc([N+](=O)[O-])c2)=C([N+](=O)[O-])[C@H](c2ccccc2)N1. The number of nitro groups is 2. The van der Waals surface area contributed by atoms with Crippen molar-refractivity contribution in [3.05, 3.63) is 103 Å². The van der Waals surface area contributed by atoms with Crippen LogP contribution in [0.1, 0.15) is 17.2 Å². The van der Waals surface area contributed by atoms with Crippen molar-refractivity contribution in [1.29, 1.82) is 0 Å². The Morgan fingerprint density at radius 3 is 2.33 bits per heavy atom. The number of urea groups is 1. The highest BCUT2D eigenvalue weighted by Gasteiger charge is 2.35. The first kappa shape index (κ1) is 17.8. The second-order valence-electron chi connectivity index (χ2n) is 5.68. The number of rotatable bonds is 5. The molecular formula is C18H14N4O5. The minimum absolute atomic E-state index is 0.0177. The van der Waals surface area contributed by atoms with Crippen LogP contribution < -0.4 is 10.6 Å². The fourth-order valence-electron chi connectivity index (χ4n) is 2.72. The number of carbonyl (C=O) groups is 1. The maximum atomic E-state index is 12.0. The molecule has 0 saturated carbocycles. The largest absolute Gasteiger partial charge is 0.321 e. The summed E-state index contributed by atoms with van der Waals surface area (Å²) < 4.78 is 0. The number of nitrogens with one attached hydrogen (secondary N) is 2. The molecule has 136 valence electrons. The van der Waals surface area contributed by atoms with Gasteiger partial charge in [-0.1, -0.05) is 48.5 Å². The molecule has 0 fully saturated rings. The second-order valence-corrected chi connectivity index (χ2v) is 5.68. The van der Waals surface area contributed by atoms with E-state index in [0.717, 1.165) is 0 Å². The van der Waals surface area contributed by atoms with Crippen LogP contribution in [0.2, 0.25) is 0 Å². The first-order valence-electron chi connectivity index (χ1n) is 7.89. The van der Waals surface area contributed by atoms with Gasteiger partial charge in [-0.05, 0) is 17.2 Å². The number of allylic oxidation sites excluding steroid dienone is 1. The number of nitro benzene ring substituents is 1. The van der Waals surface area contributed by atoms with Crippen LogP contribution in [0.25, 0.3) is 6.08 Å². The van der Waals surface area contributed by atoms with Crippen LogP contribution >= 0.6 is 0 Å². The number of hydrogen-bond donors (Lipinski definition) is 2. The van der Waals surface area contributed by atoms with E-state index in [1.54, 1.807) is 36.4 Å². The van der Waals surface area contributed by atoms with Crippen molar-refractivity contribution < 1.29 is 14.6 Å². The van der Waals surface area contributed by atoms with Crippen LogP contribution in [-0.2, 0) is 0 Å². The van der Waals surface area contributed by atoms with Gasteiger partial charge in [0.1, 0.15) is 11.7 Å². The number of benzene rings is 2. The molecule has 2 aromatic rings. The monoisotopic (exact) mass is 366 g/mol. The van der Waals surface area contributed by atoms with Gasteiger partial charge in [0.2, 0.25) is 0 Å². The van der Waals surface area contributed by atoms with Gasteiger partial charge in [0.15, 0.2) is 0 Å². The molecule has 1 aliphatic rings. The summed E-state index contributed by atoms with van der Waals surface area (Å²) in [6, 6.07) is 12.9. The Balaban J connectivity index is 2.02. The number of carbonyl (C=O) groups excluding carboxylic acids is 1. The second kappa shape index (κ2) is 7.48. The fraction of sp³-hybridized carbons (Fsp3) is 0.0556. The van der Waals surface area contributed by atoms with Gasteiger partial charge in [-0.2, -0.15) is 0 Å². The van der Waals surface area contributed by atoms with Gasteiger partial charge in [0.25, 0.3) is 11.4 Å². The molecule has 27 heavy (non-hydrogen) atoms. The van der Waals surface area contributed by atoms with E-state index in [-0.39, 0.29) is 17.1 Å². The van der Waals surface area contributed by atoms with Gasteiger partial charge in [-0.15, -0.1) is 0 Å². The van der Waals surface area contributed by atoms with E-state index in [0.29, 0.717) is 11.1 Å². The van der Waals surface area contributed by atoms with Gasteiger partial charge >= 0.3 is 6.03 Å². The van der Waals surface area contributed by atoms with Crippen molar-refractivity contribution >= 4 is 17.8 Å². The van der Waals surface area contributed by atoms with Crippen molar-refractivity contribution in [2.75, 3.05) is 0 Å². The highest BCUT2D eigenvalue weighted by atomic mass is 16.6. The third kappa shape index (κ3) is 3.98. The summed E-state index contributed by atoms with van der Waals surface area (Å²) in [7, 11) is 0. The summed E-state index contributed by atoms with van der Waals surface area (Å²) >= 11 is 0. The molecule has 0 radical (unpaired) electrons. The lowest BCUT2D eigenvalue weighted by molar-refractivity contribution is -0.432. The summed E-state index contributed by atoms with van der Waals surface area (Å²) in [6.45, 7) is 0. The van der Waals surface area contributed by atoms with E-state index in [1.165, 1.54) is 30.4 Å². The van der Waals surface area contributed by atoms with Crippen molar-refractivity contribution in [3.8, 4) is 0 Å². The zero-order valence-corrected chi connectivity index (χ0v) is 13.9. The van der Waals surface area contributed by atoms with Crippen molar-refractivity contribution in [2.45, 2.75) is 6.04 Å². The molecule has 0 aromatic heterocycles. The first-order chi connectivity index (χ1) is 13.0. The molecule has 3 rings (SSSR count). The summed E-state index contributed by atoms with van der Waals surface area (Å²) in [6.07, 6.45) is 2.84. The predicted molar refractivity (Wildman–Crippen MR) is 97.0 cm³/mol. The van der Waals surface area contributed by atoms with E-state index in [9.17, 15) is 25.0 Å². The molecule has 0 aliphatic carbocycles. The first-order valence-corrected chi connectivity index (χ1v) is 7.89. The highest BCUT2D eigenvalue weighted by molar-refractivity contribution is 5.80. The van der Waals surface area contributed by atoms with Crippen LogP contribution in [0.4, 0.5) is 10.5 Å². The van der Waals surface area contributed by atoms with Gasteiger partial charge < -0.3 is 10.6 Å². The predicted octanol–water partition coefficient (Wildman–Crippen LogP) is 3.15. The standard InChI is InChI=1S/C18H14N4O5/c23-18-19-15(10-9-12-5-4-8-14(11-12)21(24)25)17(22(26)27)16(20-18)13-6-2-1-3-7-13/h1-11,16H,(H2,19,20,23)/b10-9-/t16-/m0/s1. The zero-order valence-electron chi connectivity index (χ0n) is 13.9. The number of amides is 2. The van der Waals surface area contributed by atoms with Gasteiger partial charge in [0.05, 0.1) is 9.85 Å². The van der Waals surface area contributed by atoms with Gasteiger partial charge in [0, 0.05) is 12.1 Å². The molecular weight excluding hydrogens is 352 g/mol. The molecule has 2 N–H and O–H groups in total. The van der Waals surface area contributed by atoms with Crippen molar-refractivity contribution in [2.24, 2.45) is 0 Å². The Morgan fingerprint density at radius 1 is 0.926 bits per heavy atom. The van der Waals surface area contributed by atoms with Crippen LogP contribution in [0.5, 0.6) is 0 Å². The minimum atomic E-state index is -0.917. The molecule has 1 heterocycles. The average molecular weight is 366 g/mol. The maximum absolute atomic E-state index is 12.0. The lowest BCUT2D eigenvalue weighted by Gasteiger charge is -2.23. The van der Waals surface area contributed by atoms with E-state index in [4.69, 9.17) is 0 Å². The van der Waals surface area contributed by atoms with Crippen LogP contribution in [0, 0.1) is 20.2 Å². The number of non-ortho nitro benzene ring substituents is 1. The van der Waals surface area contributed by atoms with E-state index < -0.39 is 21.9 Å². The van der Waals surface area contributed by atoms with E-state index in [1.807, 2.05) is 0 Å². The van der Waals surface area contributed by atoms with Crippen LogP contribution in [-0.4, -0.2) is 15.9 Å². The Bertz CT molecular complexity index is 969. The molecule has 0 unspecified atom stereocenters. The third-order valence-electron chi connectivity index (χ3n) is 3.93. The lowest BCUT2D eigenvalue weighted by Crippen LogP contribution is -2.45. The maximum Gasteiger partial charge on any atom is 0.320 e. The highest BCUT2D eigenvalue weighted by Crippen LogP contribution is 2.27. The minimum Gasteiger partial charge on any atom is -0.321 e. The molecule has 2 aromatic carbocycles. The summed E-state index contributed by atoms with van der Waals surface area (Å²) in [5, 5.41) is 27.5. The number of nitrogens with zero attached hydrogens (tertiary/aromatic N) is 2. The zero-order chi connectivity index (χ0) is 19.4. The molecule has 0 spiro atoms. The van der Waals surface area contributed by atoms with Crippen molar-refractivity contribution in [1.82, 2.24) is 10.6 Å². The average Bonchev–Trinajstić information content (AvgIpc) is 2.66.